The van der Waals surface area contributed by atoms with Gasteiger partial charge in [-0.05, 0) is 29.7 Å². The van der Waals surface area contributed by atoms with Crippen molar-refractivity contribution in [2.45, 2.75) is 12.8 Å². The van der Waals surface area contributed by atoms with E-state index in [0.717, 1.165) is 22.2 Å². The molecule has 4 nitrogen and oxygen atoms in total. The van der Waals surface area contributed by atoms with Gasteiger partial charge in [-0.2, -0.15) is 0 Å². The van der Waals surface area contributed by atoms with Gasteiger partial charge in [0.25, 0.3) is 5.91 Å². The average Bonchev–Trinajstić information content (AvgIpc) is 2.90. The quantitative estimate of drug-likeness (QED) is 0.793. The minimum atomic E-state index is -0.284. The highest BCUT2D eigenvalue weighted by molar-refractivity contribution is 6.12. The fraction of sp³-hybridized carbons (Fsp3) is 0.111. The molecule has 0 unspecified atom stereocenters. The van der Waals surface area contributed by atoms with Crippen LogP contribution in [0.4, 0.5) is 0 Å². The maximum atomic E-state index is 11.8. The molecule has 2 aromatic rings. The van der Waals surface area contributed by atoms with E-state index in [2.05, 4.69) is 22.4 Å². The largest absolute Gasteiger partial charge is 0.361 e. The van der Waals surface area contributed by atoms with Gasteiger partial charge in [-0.25, -0.2) is 0 Å². The topological polar surface area (TPSA) is 62.0 Å². The number of benzene rings is 1. The van der Waals surface area contributed by atoms with Crippen LogP contribution in [-0.2, 0) is 9.59 Å². The normalized spacial score (nSPS) is 19.7. The molecule has 0 bridgehead atoms. The number of imide groups is 1. The zero-order valence-electron chi connectivity index (χ0n) is 11.8. The molecule has 2 N–H and O–H groups in total. The van der Waals surface area contributed by atoms with E-state index >= 15 is 0 Å². The molecule has 0 saturated carbocycles. The SMILES string of the molecule is O=C1CC2=C/C(=C/c3c[nH]c4ccccc34)CC=C2C(=O)N1. The van der Waals surface area contributed by atoms with Crippen LogP contribution in [0, 0.1) is 0 Å². The number of piperidine rings is 1. The number of para-hydroxylation sites is 1. The summed E-state index contributed by atoms with van der Waals surface area (Å²) in [7, 11) is 0. The molecule has 2 aliphatic rings. The van der Waals surface area contributed by atoms with Gasteiger partial charge in [0.15, 0.2) is 0 Å². The molecule has 4 rings (SSSR count). The zero-order chi connectivity index (χ0) is 15.1. The molecule has 0 radical (unpaired) electrons. The Hall–Kier alpha value is -2.88. The average molecular weight is 290 g/mol. The van der Waals surface area contributed by atoms with Crippen LogP contribution in [0.1, 0.15) is 18.4 Å². The van der Waals surface area contributed by atoms with Crippen LogP contribution in [0.3, 0.4) is 0 Å². The number of amides is 2. The molecule has 1 saturated heterocycles. The summed E-state index contributed by atoms with van der Waals surface area (Å²) in [6.45, 7) is 0. The van der Waals surface area contributed by atoms with E-state index in [1.807, 2.05) is 36.5 Å². The minimum absolute atomic E-state index is 0.234. The van der Waals surface area contributed by atoms with E-state index in [9.17, 15) is 9.59 Å². The Morgan fingerprint density at radius 3 is 2.91 bits per heavy atom. The number of fused-ring (bicyclic) bond motifs is 2. The third kappa shape index (κ3) is 2.09. The Morgan fingerprint density at radius 1 is 1.14 bits per heavy atom. The van der Waals surface area contributed by atoms with Gasteiger partial charge < -0.3 is 4.98 Å². The maximum Gasteiger partial charge on any atom is 0.257 e. The molecule has 1 fully saturated rings. The van der Waals surface area contributed by atoms with Crippen molar-refractivity contribution < 1.29 is 9.59 Å². The minimum Gasteiger partial charge on any atom is -0.361 e. The lowest BCUT2D eigenvalue weighted by atomic mass is 9.88. The second-order valence-electron chi connectivity index (χ2n) is 5.55. The molecule has 2 amide bonds. The molecule has 4 heteroatoms. The zero-order valence-corrected chi connectivity index (χ0v) is 11.8. The first kappa shape index (κ1) is 12.8. The van der Waals surface area contributed by atoms with Crippen LogP contribution < -0.4 is 5.32 Å². The van der Waals surface area contributed by atoms with Crippen molar-refractivity contribution in [3.63, 3.8) is 0 Å². The first-order valence-electron chi connectivity index (χ1n) is 7.23. The van der Waals surface area contributed by atoms with Gasteiger partial charge in [-0.1, -0.05) is 30.4 Å². The lowest BCUT2D eigenvalue weighted by Crippen LogP contribution is -2.37. The van der Waals surface area contributed by atoms with E-state index in [1.54, 1.807) is 0 Å². The maximum absolute atomic E-state index is 11.8. The van der Waals surface area contributed by atoms with E-state index in [0.29, 0.717) is 12.0 Å². The van der Waals surface area contributed by atoms with E-state index in [1.165, 1.54) is 5.39 Å². The third-order valence-electron chi connectivity index (χ3n) is 4.06. The molecular formula is C18H14N2O2. The monoisotopic (exact) mass is 290 g/mol. The van der Waals surface area contributed by atoms with E-state index < -0.39 is 0 Å². The fourth-order valence-electron chi connectivity index (χ4n) is 3.02. The highest BCUT2D eigenvalue weighted by Gasteiger charge is 2.26. The molecular weight excluding hydrogens is 276 g/mol. The highest BCUT2D eigenvalue weighted by Crippen LogP contribution is 2.30. The number of aromatic nitrogens is 1. The Labute approximate surface area is 127 Å². The number of hydrogen-bond acceptors (Lipinski definition) is 2. The van der Waals surface area contributed by atoms with Crippen molar-refractivity contribution in [3.8, 4) is 0 Å². The van der Waals surface area contributed by atoms with E-state index in [4.69, 9.17) is 0 Å². The number of allylic oxidation sites excluding steroid dienone is 3. The van der Waals surface area contributed by atoms with Crippen LogP contribution in [0.25, 0.3) is 17.0 Å². The summed E-state index contributed by atoms with van der Waals surface area (Å²) < 4.78 is 0. The number of carbonyl (C=O) groups is 2. The Balaban J connectivity index is 1.73. The van der Waals surface area contributed by atoms with Crippen LogP contribution in [0.2, 0.25) is 0 Å². The molecule has 1 aliphatic heterocycles. The second-order valence-corrected chi connectivity index (χ2v) is 5.55. The van der Waals surface area contributed by atoms with Gasteiger partial charge >= 0.3 is 0 Å². The van der Waals surface area contributed by atoms with Crippen LogP contribution >= 0.6 is 0 Å². The molecule has 108 valence electrons. The van der Waals surface area contributed by atoms with Gasteiger partial charge in [0.2, 0.25) is 5.91 Å². The van der Waals surface area contributed by atoms with Crippen molar-refractivity contribution in [2.24, 2.45) is 0 Å². The third-order valence-corrected chi connectivity index (χ3v) is 4.06. The molecule has 2 heterocycles. The number of rotatable bonds is 1. The predicted molar refractivity (Wildman–Crippen MR) is 84.8 cm³/mol. The molecule has 0 atom stereocenters. The molecule has 0 spiro atoms. The standard InChI is InChI=1S/C18H14N2O2/c21-17-9-12-7-11(5-6-15(12)18(22)20-17)8-13-10-19-16-4-2-1-3-14(13)16/h1-4,6-8,10,19H,5,9H2,(H,20,21,22)/b11-8+. The summed E-state index contributed by atoms with van der Waals surface area (Å²) in [5, 5.41) is 3.52. The molecule has 22 heavy (non-hydrogen) atoms. The lowest BCUT2D eigenvalue weighted by molar-refractivity contribution is -0.129. The number of nitrogens with one attached hydrogen (secondary N) is 2. The lowest BCUT2D eigenvalue weighted by Gasteiger charge is -2.21. The Morgan fingerprint density at radius 2 is 2.00 bits per heavy atom. The van der Waals surface area contributed by atoms with Crippen molar-refractivity contribution in [1.29, 1.82) is 0 Å². The van der Waals surface area contributed by atoms with Gasteiger partial charge in [0.1, 0.15) is 0 Å². The number of hydrogen-bond donors (Lipinski definition) is 2. The van der Waals surface area contributed by atoms with E-state index in [-0.39, 0.29) is 18.2 Å². The Bertz CT molecular complexity index is 897. The molecule has 1 aromatic heterocycles. The summed E-state index contributed by atoms with van der Waals surface area (Å²) in [5.41, 5.74) is 4.76. The smallest absolute Gasteiger partial charge is 0.257 e. The fourth-order valence-corrected chi connectivity index (χ4v) is 3.02. The number of H-pyrrole nitrogens is 1. The van der Waals surface area contributed by atoms with Crippen LogP contribution in [-0.4, -0.2) is 16.8 Å². The summed E-state index contributed by atoms with van der Waals surface area (Å²) in [5.74, 6) is -0.518. The Kier molecular flexibility index (Phi) is 2.82. The summed E-state index contributed by atoms with van der Waals surface area (Å²) in [6, 6.07) is 8.13. The molecule has 1 aliphatic carbocycles. The summed E-state index contributed by atoms with van der Waals surface area (Å²) in [4.78, 5) is 26.5. The van der Waals surface area contributed by atoms with Gasteiger partial charge in [-0.3, -0.25) is 14.9 Å². The first-order valence-corrected chi connectivity index (χ1v) is 7.23. The van der Waals surface area contributed by atoms with Crippen molar-refractivity contribution in [1.82, 2.24) is 10.3 Å². The number of carbonyl (C=O) groups excluding carboxylic acids is 2. The number of aromatic amines is 1. The first-order chi connectivity index (χ1) is 10.7. The predicted octanol–water partition coefficient (Wildman–Crippen LogP) is 2.85. The van der Waals surface area contributed by atoms with Crippen molar-refractivity contribution >= 4 is 28.8 Å². The van der Waals surface area contributed by atoms with Crippen LogP contribution in [0.15, 0.2) is 59.3 Å². The molecule has 1 aromatic carbocycles. The van der Waals surface area contributed by atoms with Gasteiger partial charge in [-0.15, -0.1) is 0 Å². The van der Waals surface area contributed by atoms with Gasteiger partial charge in [0, 0.05) is 28.2 Å². The highest BCUT2D eigenvalue weighted by atomic mass is 16.2. The summed E-state index contributed by atoms with van der Waals surface area (Å²) >= 11 is 0. The van der Waals surface area contributed by atoms with Crippen LogP contribution in [0.5, 0.6) is 0 Å². The van der Waals surface area contributed by atoms with Crippen molar-refractivity contribution in [3.05, 3.63) is 64.9 Å². The van der Waals surface area contributed by atoms with Gasteiger partial charge in [0.05, 0.1) is 6.42 Å². The second kappa shape index (κ2) is 4.84. The van der Waals surface area contributed by atoms with Crippen molar-refractivity contribution in [2.75, 3.05) is 0 Å². The summed E-state index contributed by atoms with van der Waals surface area (Å²) in [6.07, 6.45) is 8.92.